The van der Waals surface area contributed by atoms with Gasteiger partial charge in [0.2, 0.25) is 0 Å². The summed E-state index contributed by atoms with van der Waals surface area (Å²) in [6.45, 7) is 8.67. The third-order valence-corrected chi connectivity index (χ3v) is 3.26. The van der Waals surface area contributed by atoms with Crippen molar-refractivity contribution in [3.63, 3.8) is 0 Å². The molecule has 1 aromatic carbocycles. The minimum absolute atomic E-state index is 0.175. The van der Waals surface area contributed by atoms with Gasteiger partial charge in [-0.3, -0.25) is 0 Å². The molecule has 0 saturated carbocycles. The van der Waals surface area contributed by atoms with Crippen molar-refractivity contribution in [1.29, 1.82) is 0 Å². The fourth-order valence-electron chi connectivity index (χ4n) is 2.00. The smallest absolute Gasteiger partial charge is 0.0432 e. The zero-order chi connectivity index (χ0) is 10.8. The average Bonchev–Trinajstić information content (AvgIpc) is 2.17. The molecule has 0 aromatic heterocycles. The molecule has 0 radical (unpaired) electrons. The quantitative estimate of drug-likeness (QED) is 0.780. The molecule has 2 N–H and O–H groups in total. The second kappa shape index (κ2) is 4.14. The van der Waals surface area contributed by atoms with Crippen LogP contribution < -0.4 is 5.73 Å². The highest BCUT2D eigenvalue weighted by Gasteiger charge is 2.29. The maximum absolute atomic E-state index is 6.46. The molecule has 0 fully saturated rings. The summed E-state index contributed by atoms with van der Waals surface area (Å²) in [4.78, 5) is 0. The molecule has 14 heavy (non-hydrogen) atoms. The van der Waals surface area contributed by atoms with Gasteiger partial charge in [0.1, 0.15) is 0 Å². The highest BCUT2D eigenvalue weighted by Crippen LogP contribution is 2.31. The third-order valence-electron chi connectivity index (χ3n) is 3.26. The number of benzene rings is 1. The van der Waals surface area contributed by atoms with E-state index in [1.807, 2.05) is 0 Å². The highest BCUT2D eigenvalue weighted by molar-refractivity contribution is 5.32. The number of rotatable bonds is 3. The summed E-state index contributed by atoms with van der Waals surface area (Å²) in [6, 6.07) is 8.42. The lowest BCUT2D eigenvalue weighted by atomic mass is 9.77. The molecule has 0 heterocycles. The van der Waals surface area contributed by atoms with E-state index in [2.05, 4.69) is 52.0 Å². The Labute approximate surface area is 87.3 Å². The summed E-state index contributed by atoms with van der Waals surface area (Å²) in [5.41, 5.74) is 8.87. The standard InChI is InChI=1S/C13H21N/c1-5-13(14,10(2)3)12-9-7-6-8-11(12)4/h6-10H,5,14H2,1-4H3. The Morgan fingerprint density at radius 1 is 1.29 bits per heavy atom. The fourth-order valence-corrected chi connectivity index (χ4v) is 2.00. The van der Waals surface area contributed by atoms with Crippen LogP contribution in [0.1, 0.15) is 38.3 Å². The largest absolute Gasteiger partial charge is 0.321 e. The predicted molar refractivity (Wildman–Crippen MR) is 62.2 cm³/mol. The molecule has 0 aliphatic rings. The fraction of sp³-hybridized carbons (Fsp3) is 0.538. The molecule has 78 valence electrons. The molecule has 0 aliphatic carbocycles. The Morgan fingerprint density at radius 2 is 1.86 bits per heavy atom. The highest BCUT2D eigenvalue weighted by atomic mass is 14.8. The summed E-state index contributed by atoms with van der Waals surface area (Å²) in [5, 5.41) is 0. The zero-order valence-electron chi connectivity index (χ0n) is 9.67. The summed E-state index contributed by atoms with van der Waals surface area (Å²) in [7, 11) is 0. The number of hydrogen-bond acceptors (Lipinski definition) is 1. The van der Waals surface area contributed by atoms with E-state index >= 15 is 0 Å². The lowest BCUT2D eigenvalue weighted by Gasteiger charge is -2.34. The van der Waals surface area contributed by atoms with Crippen LogP contribution in [-0.4, -0.2) is 0 Å². The molecule has 1 nitrogen and oxygen atoms in total. The van der Waals surface area contributed by atoms with E-state index in [4.69, 9.17) is 5.73 Å². The second-order valence-corrected chi connectivity index (χ2v) is 4.36. The van der Waals surface area contributed by atoms with Gasteiger partial charge >= 0.3 is 0 Å². The molecular formula is C13H21N. The first-order chi connectivity index (χ1) is 6.52. The molecule has 0 bridgehead atoms. The molecule has 1 atom stereocenters. The van der Waals surface area contributed by atoms with Crippen LogP contribution in [0.3, 0.4) is 0 Å². The van der Waals surface area contributed by atoms with Gasteiger partial charge in [-0.1, -0.05) is 45.0 Å². The van der Waals surface area contributed by atoms with Crippen LogP contribution in [0.15, 0.2) is 24.3 Å². The lowest BCUT2D eigenvalue weighted by molar-refractivity contribution is 0.304. The van der Waals surface area contributed by atoms with E-state index in [9.17, 15) is 0 Å². The molecular weight excluding hydrogens is 170 g/mol. The Balaban J connectivity index is 3.19. The molecule has 0 saturated heterocycles. The van der Waals surface area contributed by atoms with Gasteiger partial charge in [0.05, 0.1) is 0 Å². The summed E-state index contributed by atoms with van der Waals surface area (Å²) >= 11 is 0. The van der Waals surface area contributed by atoms with E-state index in [0.29, 0.717) is 5.92 Å². The van der Waals surface area contributed by atoms with Crippen LogP contribution in [0.25, 0.3) is 0 Å². The van der Waals surface area contributed by atoms with Gasteiger partial charge < -0.3 is 5.73 Å². The van der Waals surface area contributed by atoms with Gasteiger partial charge in [0, 0.05) is 5.54 Å². The Hall–Kier alpha value is -0.820. The van der Waals surface area contributed by atoms with Crippen LogP contribution in [0.2, 0.25) is 0 Å². The van der Waals surface area contributed by atoms with Crippen molar-refractivity contribution in [2.75, 3.05) is 0 Å². The molecule has 0 amide bonds. The zero-order valence-corrected chi connectivity index (χ0v) is 9.67. The van der Waals surface area contributed by atoms with E-state index in [0.717, 1.165) is 6.42 Å². The summed E-state index contributed by atoms with van der Waals surface area (Å²) < 4.78 is 0. The van der Waals surface area contributed by atoms with Crippen LogP contribution in [-0.2, 0) is 5.54 Å². The van der Waals surface area contributed by atoms with Crippen LogP contribution in [0.4, 0.5) is 0 Å². The lowest BCUT2D eigenvalue weighted by Crippen LogP contribution is -2.41. The summed E-state index contributed by atoms with van der Waals surface area (Å²) in [5.74, 6) is 0.466. The van der Waals surface area contributed by atoms with E-state index in [-0.39, 0.29) is 5.54 Å². The number of nitrogens with two attached hydrogens (primary N) is 1. The number of hydrogen-bond donors (Lipinski definition) is 1. The summed E-state index contributed by atoms with van der Waals surface area (Å²) in [6.07, 6.45) is 0.982. The van der Waals surface area contributed by atoms with Gasteiger partial charge in [-0.05, 0) is 30.4 Å². The van der Waals surface area contributed by atoms with Gasteiger partial charge in [-0.2, -0.15) is 0 Å². The van der Waals surface area contributed by atoms with Gasteiger partial charge in [0.25, 0.3) is 0 Å². The number of aryl methyl sites for hydroxylation is 1. The predicted octanol–water partition coefficient (Wildman–Crippen LogP) is 3.22. The van der Waals surface area contributed by atoms with Gasteiger partial charge in [-0.15, -0.1) is 0 Å². The van der Waals surface area contributed by atoms with Crippen molar-refractivity contribution in [3.8, 4) is 0 Å². The monoisotopic (exact) mass is 191 g/mol. The van der Waals surface area contributed by atoms with E-state index < -0.39 is 0 Å². The van der Waals surface area contributed by atoms with Crippen molar-refractivity contribution >= 4 is 0 Å². The SMILES string of the molecule is CCC(N)(c1ccccc1C)C(C)C. The van der Waals surface area contributed by atoms with Gasteiger partial charge in [0.15, 0.2) is 0 Å². The first-order valence-corrected chi connectivity index (χ1v) is 5.37. The Bertz CT molecular complexity index is 304. The average molecular weight is 191 g/mol. The van der Waals surface area contributed by atoms with Crippen LogP contribution >= 0.6 is 0 Å². The van der Waals surface area contributed by atoms with Crippen molar-refractivity contribution in [2.45, 2.75) is 39.7 Å². The first-order valence-electron chi connectivity index (χ1n) is 5.37. The molecule has 1 aromatic rings. The first kappa shape index (κ1) is 11.3. The minimum atomic E-state index is -0.175. The van der Waals surface area contributed by atoms with E-state index in [1.165, 1.54) is 11.1 Å². The molecule has 1 unspecified atom stereocenters. The maximum Gasteiger partial charge on any atom is 0.0432 e. The Kier molecular flexibility index (Phi) is 3.33. The van der Waals surface area contributed by atoms with Crippen LogP contribution in [0, 0.1) is 12.8 Å². The Morgan fingerprint density at radius 3 is 2.29 bits per heavy atom. The molecule has 0 aliphatic heterocycles. The van der Waals surface area contributed by atoms with Crippen molar-refractivity contribution in [3.05, 3.63) is 35.4 Å². The normalized spacial score (nSPS) is 15.6. The molecule has 1 heteroatoms. The van der Waals surface area contributed by atoms with E-state index in [1.54, 1.807) is 0 Å². The third kappa shape index (κ3) is 1.83. The van der Waals surface area contributed by atoms with Crippen molar-refractivity contribution < 1.29 is 0 Å². The van der Waals surface area contributed by atoms with Crippen molar-refractivity contribution in [2.24, 2.45) is 11.7 Å². The van der Waals surface area contributed by atoms with Crippen molar-refractivity contribution in [1.82, 2.24) is 0 Å². The minimum Gasteiger partial charge on any atom is -0.321 e. The molecule has 1 rings (SSSR count). The van der Waals surface area contributed by atoms with Gasteiger partial charge in [-0.25, -0.2) is 0 Å². The maximum atomic E-state index is 6.46. The van der Waals surface area contributed by atoms with Crippen LogP contribution in [0.5, 0.6) is 0 Å². The topological polar surface area (TPSA) is 26.0 Å². The molecule has 0 spiro atoms. The second-order valence-electron chi connectivity index (χ2n) is 4.36.